The number of aryl methyl sites for hydroxylation is 1. The molecule has 1 N–H and O–H groups in total. The predicted molar refractivity (Wildman–Crippen MR) is 89.1 cm³/mol. The number of hydrogen-bond donors (Lipinski definition) is 1. The Balaban J connectivity index is 1.54. The lowest BCUT2D eigenvalue weighted by Crippen LogP contribution is -2.27. The van der Waals surface area contributed by atoms with Crippen LogP contribution in [-0.2, 0) is 6.54 Å². The van der Waals surface area contributed by atoms with Crippen LogP contribution < -0.4 is 5.32 Å². The van der Waals surface area contributed by atoms with Crippen molar-refractivity contribution in [3.05, 3.63) is 65.2 Å². The number of carbonyl (C=O) groups excluding carboxylic acids is 1. The average molecular weight is 311 g/mol. The molecule has 0 saturated carbocycles. The Kier molecular flexibility index (Phi) is 4.34. The molecule has 0 spiro atoms. The number of nitrogens with one attached hydrogen (secondary N) is 1. The topological polar surface area (TPSA) is 46.9 Å². The number of aromatic nitrogens is 2. The van der Waals surface area contributed by atoms with Crippen molar-refractivity contribution in [2.75, 3.05) is 6.54 Å². The molecule has 0 fully saturated rings. The first-order valence-corrected chi connectivity index (χ1v) is 8.02. The van der Waals surface area contributed by atoms with Crippen molar-refractivity contribution >= 4 is 17.2 Å². The maximum Gasteiger partial charge on any atom is 0.251 e. The maximum absolute atomic E-state index is 12.0. The fourth-order valence-corrected chi connectivity index (χ4v) is 2.90. The standard InChI is InChI=1S/C17H17N3OS/c1-13-4-2-5-14(12-13)17(21)18-8-10-20-9-7-15(19-20)16-6-3-11-22-16/h2-7,9,11-12H,8,10H2,1H3,(H,18,21). The highest BCUT2D eigenvalue weighted by Gasteiger charge is 2.06. The first kappa shape index (κ1) is 14.5. The van der Waals surface area contributed by atoms with E-state index in [-0.39, 0.29) is 5.91 Å². The second-order valence-corrected chi connectivity index (χ2v) is 6.01. The van der Waals surface area contributed by atoms with E-state index < -0.39 is 0 Å². The van der Waals surface area contributed by atoms with Crippen LogP contribution in [0.25, 0.3) is 10.6 Å². The predicted octanol–water partition coefficient (Wildman–Crippen LogP) is 3.35. The first-order chi connectivity index (χ1) is 10.7. The van der Waals surface area contributed by atoms with Gasteiger partial charge in [-0.15, -0.1) is 11.3 Å². The Labute approximate surface area is 133 Å². The van der Waals surface area contributed by atoms with Crippen molar-refractivity contribution in [2.45, 2.75) is 13.5 Å². The summed E-state index contributed by atoms with van der Waals surface area (Å²) in [7, 11) is 0. The molecule has 0 aliphatic carbocycles. The molecule has 0 bridgehead atoms. The number of amides is 1. The molecule has 2 aromatic heterocycles. The summed E-state index contributed by atoms with van der Waals surface area (Å²) in [5, 5.41) is 9.47. The normalized spacial score (nSPS) is 10.6. The fraction of sp³-hybridized carbons (Fsp3) is 0.176. The van der Waals surface area contributed by atoms with Gasteiger partial charge in [0.25, 0.3) is 5.91 Å². The van der Waals surface area contributed by atoms with Crippen molar-refractivity contribution in [2.24, 2.45) is 0 Å². The molecule has 1 aromatic carbocycles. The van der Waals surface area contributed by atoms with Crippen molar-refractivity contribution < 1.29 is 4.79 Å². The summed E-state index contributed by atoms with van der Waals surface area (Å²) in [5.41, 5.74) is 2.75. The van der Waals surface area contributed by atoms with E-state index in [0.717, 1.165) is 16.1 Å². The van der Waals surface area contributed by atoms with Crippen molar-refractivity contribution in [3.8, 4) is 10.6 Å². The van der Waals surface area contributed by atoms with Gasteiger partial charge >= 0.3 is 0 Å². The minimum absolute atomic E-state index is 0.0469. The number of benzene rings is 1. The molecule has 0 aliphatic heterocycles. The van der Waals surface area contributed by atoms with Gasteiger partial charge in [0.2, 0.25) is 0 Å². The zero-order valence-electron chi connectivity index (χ0n) is 12.3. The third-order valence-corrected chi connectivity index (χ3v) is 4.21. The first-order valence-electron chi connectivity index (χ1n) is 7.14. The number of thiophene rings is 1. The summed E-state index contributed by atoms with van der Waals surface area (Å²) in [6.45, 7) is 3.19. The van der Waals surface area contributed by atoms with Crippen molar-refractivity contribution in [1.29, 1.82) is 0 Å². The maximum atomic E-state index is 12.0. The van der Waals surface area contributed by atoms with Crippen molar-refractivity contribution in [1.82, 2.24) is 15.1 Å². The molecule has 0 unspecified atom stereocenters. The van der Waals surface area contributed by atoms with Gasteiger partial charge in [0.05, 0.1) is 11.4 Å². The van der Waals surface area contributed by atoms with Gasteiger partial charge in [-0.25, -0.2) is 0 Å². The quantitative estimate of drug-likeness (QED) is 0.785. The molecule has 0 aliphatic rings. The van der Waals surface area contributed by atoms with E-state index in [9.17, 15) is 4.79 Å². The molecule has 0 saturated heterocycles. The zero-order chi connectivity index (χ0) is 15.4. The molecule has 5 heteroatoms. The van der Waals surface area contributed by atoms with Gasteiger partial charge in [-0.05, 0) is 36.6 Å². The highest BCUT2D eigenvalue weighted by molar-refractivity contribution is 7.13. The van der Waals surface area contributed by atoms with Crippen LogP contribution in [0.2, 0.25) is 0 Å². The Hall–Kier alpha value is -2.40. The third-order valence-electron chi connectivity index (χ3n) is 3.32. The lowest BCUT2D eigenvalue weighted by molar-refractivity contribution is 0.0952. The Morgan fingerprint density at radius 3 is 2.95 bits per heavy atom. The van der Waals surface area contributed by atoms with Crippen LogP contribution in [0, 0.1) is 6.92 Å². The molecule has 22 heavy (non-hydrogen) atoms. The highest BCUT2D eigenvalue weighted by atomic mass is 32.1. The molecule has 3 rings (SSSR count). The molecule has 3 aromatic rings. The van der Waals surface area contributed by atoms with E-state index in [4.69, 9.17) is 0 Å². The van der Waals surface area contributed by atoms with Crippen LogP contribution in [0.15, 0.2) is 54.0 Å². The number of rotatable bonds is 5. The molecular weight excluding hydrogens is 294 g/mol. The molecule has 4 nitrogen and oxygen atoms in total. The fourth-order valence-electron chi connectivity index (χ4n) is 2.21. The Morgan fingerprint density at radius 1 is 1.27 bits per heavy atom. The number of carbonyl (C=O) groups is 1. The van der Waals surface area contributed by atoms with E-state index in [1.54, 1.807) is 11.3 Å². The van der Waals surface area contributed by atoms with Crippen molar-refractivity contribution in [3.63, 3.8) is 0 Å². The van der Waals surface area contributed by atoms with Gasteiger partial charge in [0.1, 0.15) is 5.69 Å². The van der Waals surface area contributed by atoms with Crippen LogP contribution in [0.1, 0.15) is 15.9 Å². The van der Waals surface area contributed by atoms with Crippen LogP contribution >= 0.6 is 11.3 Å². The van der Waals surface area contributed by atoms with Gasteiger partial charge in [0, 0.05) is 18.3 Å². The second-order valence-electron chi connectivity index (χ2n) is 5.07. The monoisotopic (exact) mass is 311 g/mol. The largest absolute Gasteiger partial charge is 0.350 e. The summed E-state index contributed by atoms with van der Waals surface area (Å²) >= 11 is 1.67. The molecular formula is C17H17N3OS. The number of hydrogen-bond acceptors (Lipinski definition) is 3. The summed E-state index contributed by atoms with van der Waals surface area (Å²) in [6, 6.07) is 13.6. The summed E-state index contributed by atoms with van der Waals surface area (Å²) in [4.78, 5) is 13.2. The lowest BCUT2D eigenvalue weighted by Gasteiger charge is -2.06. The Bertz CT molecular complexity index is 762. The molecule has 0 radical (unpaired) electrons. The van der Waals surface area contributed by atoms with Gasteiger partial charge < -0.3 is 5.32 Å². The highest BCUT2D eigenvalue weighted by Crippen LogP contribution is 2.22. The molecule has 2 heterocycles. The van der Waals surface area contributed by atoms with Gasteiger partial charge in [-0.1, -0.05) is 23.8 Å². The summed E-state index contributed by atoms with van der Waals surface area (Å²) in [6.07, 6.45) is 1.94. The summed E-state index contributed by atoms with van der Waals surface area (Å²) in [5.74, 6) is -0.0469. The van der Waals surface area contributed by atoms with Gasteiger partial charge in [-0.2, -0.15) is 5.10 Å². The van der Waals surface area contributed by atoms with E-state index in [2.05, 4.69) is 16.5 Å². The van der Waals surface area contributed by atoms with Gasteiger partial charge in [-0.3, -0.25) is 9.48 Å². The summed E-state index contributed by atoms with van der Waals surface area (Å²) < 4.78 is 1.85. The van der Waals surface area contributed by atoms with Gasteiger partial charge in [0.15, 0.2) is 0 Å². The molecule has 0 atom stereocenters. The van der Waals surface area contributed by atoms with Crippen LogP contribution in [0.3, 0.4) is 0 Å². The number of nitrogens with zero attached hydrogens (tertiary/aromatic N) is 2. The van der Waals surface area contributed by atoms with Crippen LogP contribution in [0.5, 0.6) is 0 Å². The molecule has 1 amide bonds. The second kappa shape index (κ2) is 6.58. The SMILES string of the molecule is Cc1cccc(C(=O)NCCn2ccc(-c3cccs3)n2)c1. The average Bonchev–Trinajstić information content (AvgIpc) is 3.18. The minimum Gasteiger partial charge on any atom is -0.350 e. The third kappa shape index (κ3) is 3.43. The zero-order valence-corrected chi connectivity index (χ0v) is 13.1. The smallest absolute Gasteiger partial charge is 0.251 e. The molecule has 112 valence electrons. The van der Waals surface area contributed by atoms with Crippen LogP contribution in [0.4, 0.5) is 0 Å². The van der Waals surface area contributed by atoms with Crippen LogP contribution in [-0.4, -0.2) is 22.2 Å². The van der Waals surface area contributed by atoms with E-state index in [1.165, 1.54) is 0 Å². The van der Waals surface area contributed by atoms with E-state index in [0.29, 0.717) is 18.7 Å². The minimum atomic E-state index is -0.0469. The van der Waals surface area contributed by atoms with E-state index >= 15 is 0 Å². The van der Waals surface area contributed by atoms with E-state index in [1.807, 2.05) is 59.6 Å². The Morgan fingerprint density at radius 2 is 2.18 bits per heavy atom. The lowest BCUT2D eigenvalue weighted by atomic mass is 10.1.